The minimum Gasteiger partial charge on any atom is -0.469 e. The van der Waals surface area contributed by atoms with E-state index in [0.29, 0.717) is 16.6 Å². The lowest BCUT2D eigenvalue weighted by atomic mass is 9.79. The summed E-state index contributed by atoms with van der Waals surface area (Å²) in [5.74, 6) is 1.31. The SMILES string of the molecule is COC(=O)C1CCC(Cc2cc(Cl)c3nc(C)nn3c2)CC1. The first-order valence-electron chi connectivity index (χ1n) is 7.66. The third-order valence-electron chi connectivity index (χ3n) is 4.46. The molecule has 2 aromatic rings. The van der Waals surface area contributed by atoms with Gasteiger partial charge in [0.1, 0.15) is 5.82 Å². The Morgan fingerprint density at radius 1 is 1.41 bits per heavy atom. The fourth-order valence-electron chi connectivity index (χ4n) is 3.32. The molecule has 6 heteroatoms. The molecule has 22 heavy (non-hydrogen) atoms. The van der Waals surface area contributed by atoms with Crippen molar-refractivity contribution in [1.29, 1.82) is 0 Å². The zero-order valence-corrected chi connectivity index (χ0v) is 13.6. The highest BCUT2D eigenvalue weighted by Gasteiger charge is 2.27. The van der Waals surface area contributed by atoms with Crippen LogP contribution in [0.15, 0.2) is 12.3 Å². The topological polar surface area (TPSA) is 56.5 Å². The van der Waals surface area contributed by atoms with Crippen molar-refractivity contribution < 1.29 is 9.53 Å². The third-order valence-corrected chi connectivity index (χ3v) is 4.73. The van der Waals surface area contributed by atoms with Crippen molar-refractivity contribution in [3.05, 3.63) is 28.7 Å². The highest BCUT2D eigenvalue weighted by atomic mass is 35.5. The van der Waals surface area contributed by atoms with E-state index in [-0.39, 0.29) is 11.9 Å². The van der Waals surface area contributed by atoms with Crippen molar-refractivity contribution in [3.8, 4) is 0 Å². The van der Waals surface area contributed by atoms with Crippen molar-refractivity contribution in [1.82, 2.24) is 14.6 Å². The molecule has 1 saturated carbocycles. The van der Waals surface area contributed by atoms with Crippen molar-refractivity contribution in [2.45, 2.75) is 39.0 Å². The number of nitrogens with zero attached hydrogens (tertiary/aromatic N) is 3. The van der Waals surface area contributed by atoms with Gasteiger partial charge >= 0.3 is 5.97 Å². The van der Waals surface area contributed by atoms with Gasteiger partial charge in [-0.05, 0) is 56.6 Å². The molecule has 5 nitrogen and oxygen atoms in total. The van der Waals surface area contributed by atoms with E-state index in [1.54, 1.807) is 4.52 Å². The van der Waals surface area contributed by atoms with Gasteiger partial charge in [-0.1, -0.05) is 11.6 Å². The van der Waals surface area contributed by atoms with Gasteiger partial charge in [0.25, 0.3) is 0 Å². The largest absolute Gasteiger partial charge is 0.469 e. The molecule has 0 aliphatic heterocycles. The second-order valence-corrected chi connectivity index (χ2v) is 6.48. The van der Waals surface area contributed by atoms with Gasteiger partial charge in [0.15, 0.2) is 5.65 Å². The third kappa shape index (κ3) is 3.09. The summed E-state index contributed by atoms with van der Waals surface area (Å²) in [4.78, 5) is 15.9. The molecule has 0 saturated heterocycles. The number of aromatic nitrogens is 3. The smallest absolute Gasteiger partial charge is 0.308 e. The Labute approximate surface area is 134 Å². The van der Waals surface area contributed by atoms with Gasteiger partial charge < -0.3 is 4.74 Å². The van der Waals surface area contributed by atoms with Gasteiger partial charge in [-0.25, -0.2) is 9.50 Å². The van der Waals surface area contributed by atoms with Crippen LogP contribution in [0, 0.1) is 18.8 Å². The normalized spacial score (nSPS) is 22.0. The molecule has 0 atom stereocenters. The molecule has 2 heterocycles. The predicted molar refractivity (Wildman–Crippen MR) is 83.9 cm³/mol. The first-order valence-corrected chi connectivity index (χ1v) is 8.04. The molecule has 0 radical (unpaired) electrons. The number of pyridine rings is 1. The van der Waals surface area contributed by atoms with E-state index in [9.17, 15) is 4.79 Å². The van der Waals surface area contributed by atoms with Crippen LogP contribution in [-0.2, 0) is 16.0 Å². The van der Waals surface area contributed by atoms with Crippen LogP contribution in [0.2, 0.25) is 5.02 Å². The van der Waals surface area contributed by atoms with Crippen LogP contribution in [0.3, 0.4) is 0 Å². The second kappa shape index (κ2) is 6.24. The molecule has 0 amide bonds. The Morgan fingerprint density at radius 3 is 2.82 bits per heavy atom. The fraction of sp³-hybridized carbons (Fsp3) is 0.562. The summed E-state index contributed by atoms with van der Waals surface area (Å²) in [6, 6.07) is 1.98. The number of fused-ring (bicyclic) bond motifs is 1. The first-order chi connectivity index (χ1) is 10.6. The monoisotopic (exact) mass is 321 g/mol. The summed E-state index contributed by atoms with van der Waals surface area (Å²) < 4.78 is 6.59. The van der Waals surface area contributed by atoms with Gasteiger partial charge in [0.2, 0.25) is 0 Å². The van der Waals surface area contributed by atoms with E-state index in [2.05, 4.69) is 10.1 Å². The Morgan fingerprint density at radius 2 is 2.14 bits per heavy atom. The van der Waals surface area contributed by atoms with Crippen LogP contribution in [0.4, 0.5) is 0 Å². The maximum atomic E-state index is 11.6. The Bertz CT molecular complexity index is 690. The standard InChI is InChI=1S/C16H20ClN3O2/c1-10-18-15-14(17)8-12(9-20(15)19-10)7-11-3-5-13(6-4-11)16(21)22-2/h8-9,11,13H,3-7H2,1-2H3. The lowest BCUT2D eigenvalue weighted by Gasteiger charge is -2.26. The second-order valence-electron chi connectivity index (χ2n) is 6.07. The number of carbonyl (C=O) groups is 1. The van der Waals surface area contributed by atoms with Crippen molar-refractivity contribution in [2.75, 3.05) is 7.11 Å². The Hall–Kier alpha value is -1.62. The number of esters is 1. The lowest BCUT2D eigenvalue weighted by molar-refractivity contribution is -0.146. The minimum absolute atomic E-state index is 0.0685. The van der Waals surface area contributed by atoms with Crippen molar-refractivity contribution in [3.63, 3.8) is 0 Å². The average molecular weight is 322 g/mol. The zero-order chi connectivity index (χ0) is 15.7. The van der Waals surface area contributed by atoms with Gasteiger partial charge in [-0.15, -0.1) is 0 Å². The summed E-state index contributed by atoms with van der Waals surface area (Å²) >= 11 is 6.29. The molecular formula is C16H20ClN3O2. The van der Waals surface area contributed by atoms with Gasteiger partial charge in [-0.3, -0.25) is 4.79 Å². The van der Waals surface area contributed by atoms with Crippen molar-refractivity contribution in [2.24, 2.45) is 11.8 Å². The highest BCUT2D eigenvalue weighted by Crippen LogP contribution is 2.32. The van der Waals surface area contributed by atoms with Crippen LogP contribution in [0.1, 0.15) is 37.1 Å². The van der Waals surface area contributed by atoms with Crippen LogP contribution in [0.25, 0.3) is 5.65 Å². The van der Waals surface area contributed by atoms with Crippen LogP contribution in [-0.4, -0.2) is 27.7 Å². The van der Waals surface area contributed by atoms with Crippen LogP contribution in [0.5, 0.6) is 0 Å². The number of aryl methyl sites for hydroxylation is 1. The molecule has 0 aromatic carbocycles. The molecule has 2 aromatic heterocycles. The number of rotatable bonds is 3. The number of methoxy groups -OCH3 is 1. The Kier molecular flexibility index (Phi) is 4.34. The number of hydrogen-bond acceptors (Lipinski definition) is 4. The molecular weight excluding hydrogens is 302 g/mol. The lowest BCUT2D eigenvalue weighted by Crippen LogP contribution is -2.23. The van der Waals surface area contributed by atoms with E-state index in [4.69, 9.17) is 16.3 Å². The molecule has 0 spiro atoms. The first kappa shape index (κ1) is 15.3. The van der Waals surface area contributed by atoms with E-state index in [0.717, 1.165) is 37.9 Å². The number of hydrogen-bond donors (Lipinski definition) is 0. The number of carbonyl (C=O) groups excluding carboxylic acids is 1. The van der Waals surface area contributed by atoms with Gasteiger partial charge in [0, 0.05) is 6.20 Å². The van der Waals surface area contributed by atoms with E-state index >= 15 is 0 Å². The fourth-order valence-corrected chi connectivity index (χ4v) is 3.59. The van der Waals surface area contributed by atoms with Gasteiger partial charge in [0.05, 0.1) is 18.1 Å². The number of ether oxygens (including phenoxy) is 1. The quantitative estimate of drug-likeness (QED) is 0.814. The minimum atomic E-state index is -0.0685. The van der Waals surface area contributed by atoms with E-state index in [1.807, 2.05) is 19.2 Å². The summed E-state index contributed by atoms with van der Waals surface area (Å²) in [6.07, 6.45) is 6.89. The summed E-state index contributed by atoms with van der Waals surface area (Å²) in [6.45, 7) is 1.86. The zero-order valence-electron chi connectivity index (χ0n) is 12.9. The van der Waals surface area contributed by atoms with Gasteiger partial charge in [-0.2, -0.15) is 5.10 Å². The highest BCUT2D eigenvalue weighted by molar-refractivity contribution is 6.33. The van der Waals surface area contributed by atoms with Crippen molar-refractivity contribution >= 4 is 23.2 Å². The Balaban J connectivity index is 1.68. The molecule has 0 unspecified atom stereocenters. The molecule has 3 rings (SSSR count). The summed E-state index contributed by atoms with van der Waals surface area (Å²) in [7, 11) is 1.46. The maximum Gasteiger partial charge on any atom is 0.308 e. The average Bonchev–Trinajstić information content (AvgIpc) is 2.88. The maximum absolute atomic E-state index is 11.6. The molecule has 1 fully saturated rings. The molecule has 1 aliphatic carbocycles. The van der Waals surface area contributed by atoms with E-state index < -0.39 is 0 Å². The molecule has 0 N–H and O–H groups in total. The molecule has 1 aliphatic rings. The summed E-state index contributed by atoms with van der Waals surface area (Å²) in [5.41, 5.74) is 1.88. The predicted octanol–water partition coefficient (Wildman–Crippen LogP) is 3.21. The molecule has 0 bridgehead atoms. The number of halogens is 1. The van der Waals surface area contributed by atoms with Crippen LogP contribution < -0.4 is 0 Å². The summed E-state index contributed by atoms with van der Waals surface area (Å²) in [5, 5.41) is 4.97. The van der Waals surface area contributed by atoms with Crippen LogP contribution >= 0.6 is 11.6 Å². The molecule has 118 valence electrons. The van der Waals surface area contributed by atoms with E-state index in [1.165, 1.54) is 12.7 Å².